The summed E-state index contributed by atoms with van der Waals surface area (Å²) in [6.45, 7) is 2.73. The van der Waals surface area contributed by atoms with Crippen LogP contribution in [0.15, 0.2) is 42.6 Å². The Balaban J connectivity index is 1.37. The molecule has 3 fully saturated rings. The predicted octanol–water partition coefficient (Wildman–Crippen LogP) is 4.00. The Morgan fingerprint density at radius 2 is 1.92 bits per heavy atom. The molecule has 2 atom stereocenters. The molecule has 0 spiro atoms. The largest absolute Gasteiger partial charge is 0.449 e. The minimum absolute atomic E-state index is 0.0794. The first-order chi connectivity index (χ1) is 17.9. The van der Waals surface area contributed by atoms with E-state index in [1.54, 1.807) is 24.2 Å². The molecule has 3 aliphatic rings. The van der Waals surface area contributed by atoms with Gasteiger partial charge in [-0.15, -0.1) is 0 Å². The normalized spacial score (nSPS) is 23.9. The average molecular weight is 522 g/mol. The lowest BCUT2D eigenvalue weighted by Gasteiger charge is -2.44. The fourth-order valence-electron chi connectivity index (χ4n) is 5.66. The zero-order valence-electron chi connectivity index (χ0n) is 21.0. The van der Waals surface area contributed by atoms with Crippen molar-refractivity contribution in [3.8, 4) is 6.07 Å². The van der Waals surface area contributed by atoms with Gasteiger partial charge in [-0.25, -0.2) is 9.78 Å². The van der Waals surface area contributed by atoms with Gasteiger partial charge in [0.15, 0.2) is 5.78 Å². The highest BCUT2D eigenvalue weighted by Gasteiger charge is 2.56. The fraction of sp³-hybridized carbons (Fsp3) is 0.500. The second-order valence-electron chi connectivity index (χ2n) is 10.4. The molecule has 1 N–H and O–H groups in total. The Bertz CT molecular complexity index is 1170. The van der Waals surface area contributed by atoms with E-state index < -0.39 is 11.6 Å². The molecule has 0 bridgehead atoms. The third-order valence-corrected chi connectivity index (χ3v) is 8.35. The van der Waals surface area contributed by atoms with Gasteiger partial charge in [0.2, 0.25) is 0 Å². The molecule has 8 nitrogen and oxygen atoms in total. The smallest absolute Gasteiger partial charge is 0.410 e. The maximum absolute atomic E-state index is 14.4. The molecule has 2 aromatic rings. The van der Waals surface area contributed by atoms with Crippen LogP contribution in [0.3, 0.4) is 0 Å². The van der Waals surface area contributed by atoms with Crippen LogP contribution in [-0.4, -0.2) is 67.1 Å². The quantitative estimate of drug-likeness (QED) is 0.588. The zero-order chi connectivity index (χ0) is 26.0. The Morgan fingerprint density at radius 1 is 1.19 bits per heavy atom. The van der Waals surface area contributed by atoms with E-state index in [1.165, 1.54) is 0 Å². The topological polar surface area (TPSA) is 98.6 Å². The Labute approximate surface area is 222 Å². The van der Waals surface area contributed by atoms with Crippen molar-refractivity contribution < 1.29 is 14.3 Å². The molecular formula is C28H32ClN5O3. The van der Waals surface area contributed by atoms with Gasteiger partial charge in [-0.05, 0) is 61.4 Å². The Morgan fingerprint density at radius 3 is 2.54 bits per heavy atom. The number of carbonyl (C=O) groups excluding carboxylic acids is 2. The van der Waals surface area contributed by atoms with Crippen LogP contribution in [0.4, 0.5) is 10.6 Å². The number of anilines is 1. The minimum atomic E-state index is -1.05. The van der Waals surface area contributed by atoms with E-state index in [2.05, 4.69) is 21.3 Å². The number of carbonyl (C=O) groups is 2. The lowest BCUT2D eigenvalue weighted by atomic mass is 9.72. The molecule has 2 saturated heterocycles. The predicted molar refractivity (Wildman–Crippen MR) is 141 cm³/mol. The number of benzene rings is 1. The summed E-state index contributed by atoms with van der Waals surface area (Å²) in [5.41, 5.74) is 0.451. The lowest BCUT2D eigenvalue weighted by molar-refractivity contribution is -0.134. The highest BCUT2D eigenvalue weighted by molar-refractivity contribution is 6.30. The highest BCUT2D eigenvalue weighted by Crippen LogP contribution is 2.41. The van der Waals surface area contributed by atoms with Gasteiger partial charge in [0.05, 0.1) is 12.2 Å². The van der Waals surface area contributed by atoms with Crippen LogP contribution in [0.5, 0.6) is 0 Å². The SMILES string of the molecule is CN(C(=O)OCC1CC1)[C@]1(C(=O)C2CCN(c3ccc(C#N)cn3)CC2)CNC[C@H]1c1ccc(Cl)cc1. The summed E-state index contributed by atoms with van der Waals surface area (Å²) in [7, 11) is 1.71. The van der Waals surface area contributed by atoms with Crippen molar-refractivity contribution in [3.05, 3.63) is 58.7 Å². The van der Waals surface area contributed by atoms with Crippen LogP contribution in [0.25, 0.3) is 0 Å². The second-order valence-corrected chi connectivity index (χ2v) is 10.8. The maximum atomic E-state index is 14.4. The number of ketones is 1. The van der Waals surface area contributed by atoms with Gasteiger partial charge in [-0.3, -0.25) is 9.69 Å². The summed E-state index contributed by atoms with van der Waals surface area (Å²) in [5, 5.41) is 13.1. The van der Waals surface area contributed by atoms with E-state index in [0.29, 0.717) is 62.1 Å². The summed E-state index contributed by atoms with van der Waals surface area (Å²) in [6.07, 6.45) is 4.64. The number of ether oxygens (including phenoxy) is 1. The van der Waals surface area contributed by atoms with Gasteiger partial charge in [0.25, 0.3) is 0 Å². The summed E-state index contributed by atoms with van der Waals surface area (Å²) in [5.74, 6) is 0.924. The molecule has 0 unspecified atom stereocenters. The van der Waals surface area contributed by atoms with Crippen LogP contribution >= 0.6 is 11.6 Å². The summed E-state index contributed by atoms with van der Waals surface area (Å²) in [4.78, 5) is 35.8. The number of likely N-dealkylation sites (N-methyl/N-ethyl adjacent to an activating group) is 1. The van der Waals surface area contributed by atoms with Crippen molar-refractivity contribution in [2.45, 2.75) is 37.1 Å². The first-order valence-corrected chi connectivity index (χ1v) is 13.3. The standard InChI is InChI=1S/C28H32ClN5O3/c1-33(27(36)37-17-19-2-3-19)28(18-31-16-24(28)21-5-7-23(29)8-6-21)26(35)22-10-12-34(13-11-22)25-9-4-20(14-30)15-32-25/h4-9,15,19,22,24,31H,2-3,10-13,16-18H2,1H3/t24-,28+/m0/s1. The van der Waals surface area contributed by atoms with Gasteiger partial charge >= 0.3 is 6.09 Å². The Kier molecular flexibility index (Phi) is 7.36. The molecule has 1 saturated carbocycles. The molecule has 3 heterocycles. The molecule has 1 aromatic carbocycles. The van der Waals surface area contributed by atoms with E-state index in [-0.39, 0.29) is 17.6 Å². The molecule has 2 aliphatic heterocycles. The van der Waals surface area contributed by atoms with Crippen molar-refractivity contribution in [1.29, 1.82) is 5.26 Å². The number of nitrogens with zero attached hydrogens (tertiary/aromatic N) is 4. The van der Waals surface area contributed by atoms with Crippen LogP contribution < -0.4 is 10.2 Å². The number of hydrogen-bond acceptors (Lipinski definition) is 7. The molecule has 1 aromatic heterocycles. The number of rotatable bonds is 7. The van der Waals surface area contributed by atoms with E-state index in [1.807, 2.05) is 30.3 Å². The van der Waals surface area contributed by atoms with E-state index in [0.717, 1.165) is 24.2 Å². The summed E-state index contributed by atoms with van der Waals surface area (Å²) >= 11 is 6.15. The molecular weight excluding hydrogens is 490 g/mol. The van der Waals surface area contributed by atoms with Gasteiger partial charge in [-0.1, -0.05) is 23.7 Å². The van der Waals surface area contributed by atoms with E-state index >= 15 is 0 Å². The van der Waals surface area contributed by atoms with Crippen molar-refractivity contribution in [2.75, 3.05) is 44.7 Å². The second kappa shape index (κ2) is 10.7. The number of nitrogens with one attached hydrogen (secondary N) is 1. The van der Waals surface area contributed by atoms with E-state index in [9.17, 15) is 9.59 Å². The number of pyridine rings is 1. The Hall–Kier alpha value is -3.15. The van der Waals surface area contributed by atoms with Crippen molar-refractivity contribution in [3.63, 3.8) is 0 Å². The number of halogens is 1. The van der Waals surface area contributed by atoms with Crippen LogP contribution in [0, 0.1) is 23.2 Å². The number of aromatic nitrogens is 1. The van der Waals surface area contributed by atoms with Crippen LogP contribution in [0.1, 0.15) is 42.7 Å². The molecule has 194 valence electrons. The van der Waals surface area contributed by atoms with Crippen LogP contribution in [-0.2, 0) is 9.53 Å². The highest BCUT2D eigenvalue weighted by atomic mass is 35.5. The first-order valence-electron chi connectivity index (χ1n) is 12.9. The molecule has 9 heteroatoms. The number of hydrogen-bond donors (Lipinski definition) is 1. The monoisotopic (exact) mass is 521 g/mol. The number of piperidine rings is 1. The van der Waals surface area contributed by atoms with Gasteiger partial charge in [-0.2, -0.15) is 5.26 Å². The zero-order valence-corrected chi connectivity index (χ0v) is 21.8. The van der Waals surface area contributed by atoms with Gasteiger partial charge < -0.3 is 15.0 Å². The maximum Gasteiger partial charge on any atom is 0.410 e. The third-order valence-electron chi connectivity index (χ3n) is 8.10. The minimum Gasteiger partial charge on any atom is -0.449 e. The first kappa shape index (κ1) is 25.5. The van der Waals surface area contributed by atoms with Crippen LogP contribution in [0.2, 0.25) is 5.02 Å². The number of Topliss-reactive ketones (excluding diaryl/α,β-unsaturated/α-hetero) is 1. The number of nitriles is 1. The third kappa shape index (κ3) is 5.16. The van der Waals surface area contributed by atoms with Crippen molar-refractivity contribution >= 4 is 29.3 Å². The van der Waals surface area contributed by atoms with Crippen molar-refractivity contribution in [1.82, 2.24) is 15.2 Å². The van der Waals surface area contributed by atoms with E-state index in [4.69, 9.17) is 21.6 Å². The average Bonchev–Trinajstić information content (AvgIpc) is 3.67. The fourth-order valence-corrected chi connectivity index (χ4v) is 5.79. The van der Waals surface area contributed by atoms with Gasteiger partial charge in [0.1, 0.15) is 17.4 Å². The van der Waals surface area contributed by atoms with Gasteiger partial charge in [0, 0.05) is 56.3 Å². The lowest BCUT2D eigenvalue weighted by Crippen LogP contribution is -2.62. The summed E-state index contributed by atoms with van der Waals surface area (Å²) < 4.78 is 5.65. The molecule has 5 rings (SSSR count). The summed E-state index contributed by atoms with van der Waals surface area (Å²) in [6, 6.07) is 13.3. The molecule has 37 heavy (non-hydrogen) atoms. The van der Waals surface area contributed by atoms with Crippen molar-refractivity contribution in [2.24, 2.45) is 11.8 Å². The molecule has 1 amide bonds. The number of amides is 1. The molecule has 0 radical (unpaired) electrons. The molecule has 1 aliphatic carbocycles.